The lowest BCUT2D eigenvalue weighted by atomic mass is 9.93. The third kappa shape index (κ3) is 4.00. The van der Waals surface area contributed by atoms with E-state index in [1.54, 1.807) is 7.11 Å². The Morgan fingerprint density at radius 3 is 2.44 bits per heavy atom. The molecule has 3 heteroatoms. The first kappa shape index (κ1) is 15.0. The van der Waals surface area contributed by atoms with Crippen LogP contribution in [0.25, 0.3) is 0 Å². The summed E-state index contributed by atoms with van der Waals surface area (Å²) in [7, 11) is 1.64. The van der Waals surface area contributed by atoms with Gasteiger partial charge in [0.25, 0.3) is 0 Å². The summed E-state index contributed by atoms with van der Waals surface area (Å²) in [6.45, 7) is 6.29. The van der Waals surface area contributed by atoms with Crippen molar-refractivity contribution in [3.05, 3.63) is 29.3 Å². The first-order valence-electron chi connectivity index (χ1n) is 6.54. The van der Waals surface area contributed by atoms with Crippen LogP contribution in [0.1, 0.15) is 43.9 Å². The summed E-state index contributed by atoms with van der Waals surface area (Å²) < 4.78 is 5.17. The Kier molecular flexibility index (Phi) is 5.63. The normalized spacial score (nSPS) is 14.6. The minimum absolute atomic E-state index is 0.324. The Bertz CT molecular complexity index is 377. The van der Waals surface area contributed by atoms with Gasteiger partial charge in [-0.3, -0.25) is 0 Å². The van der Waals surface area contributed by atoms with E-state index in [0.29, 0.717) is 5.92 Å². The Morgan fingerprint density at radius 2 is 1.94 bits per heavy atom. The number of benzene rings is 1. The third-order valence-corrected chi connectivity index (χ3v) is 3.29. The molecule has 0 unspecified atom stereocenters. The molecule has 0 spiro atoms. The zero-order valence-electron chi connectivity index (χ0n) is 11.8. The van der Waals surface area contributed by atoms with Gasteiger partial charge in [0, 0.05) is 0 Å². The third-order valence-electron chi connectivity index (χ3n) is 3.29. The Hall–Kier alpha value is -1.06. The molecule has 3 N–H and O–H groups in total. The fourth-order valence-corrected chi connectivity index (χ4v) is 2.04. The van der Waals surface area contributed by atoms with Gasteiger partial charge in [-0.05, 0) is 48.9 Å². The van der Waals surface area contributed by atoms with Gasteiger partial charge in [-0.25, -0.2) is 0 Å². The lowest BCUT2D eigenvalue weighted by Crippen LogP contribution is -2.27. The van der Waals surface area contributed by atoms with Gasteiger partial charge >= 0.3 is 0 Å². The van der Waals surface area contributed by atoms with Crippen LogP contribution in [0.4, 0.5) is 0 Å². The first-order chi connectivity index (χ1) is 8.45. The fraction of sp³-hybridized carbons (Fsp3) is 0.600. The lowest BCUT2D eigenvalue weighted by molar-refractivity contribution is 0.128. The Balaban J connectivity index is 2.73. The van der Waals surface area contributed by atoms with Crippen LogP contribution < -0.4 is 10.5 Å². The smallest absolute Gasteiger partial charge is 0.119 e. The molecule has 0 aliphatic rings. The topological polar surface area (TPSA) is 55.5 Å². The molecule has 18 heavy (non-hydrogen) atoms. The van der Waals surface area contributed by atoms with Gasteiger partial charge in [0.15, 0.2) is 0 Å². The van der Waals surface area contributed by atoms with Crippen LogP contribution in [-0.2, 0) is 0 Å². The minimum atomic E-state index is -0.487. The van der Waals surface area contributed by atoms with Crippen molar-refractivity contribution < 1.29 is 9.84 Å². The molecule has 102 valence electrons. The summed E-state index contributed by atoms with van der Waals surface area (Å²) in [5, 5.41) is 10.1. The predicted molar refractivity (Wildman–Crippen MR) is 74.7 cm³/mol. The van der Waals surface area contributed by atoms with E-state index < -0.39 is 6.10 Å². The van der Waals surface area contributed by atoms with Gasteiger partial charge in [0.05, 0.1) is 19.3 Å². The molecule has 1 rings (SSSR count). The zero-order valence-corrected chi connectivity index (χ0v) is 11.8. The monoisotopic (exact) mass is 251 g/mol. The summed E-state index contributed by atoms with van der Waals surface area (Å²) in [6, 6.07) is 5.45. The highest BCUT2D eigenvalue weighted by Gasteiger charge is 2.18. The van der Waals surface area contributed by atoms with E-state index in [4.69, 9.17) is 10.5 Å². The van der Waals surface area contributed by atoms with Gasteiger partial charge in [-0.1, -0.05) is 19.9 Å². The molecule has 1 aromatic carbocycles. The number of aliphatic hydroxyl groups excluding tert-OH is 1. The van der Waals surface area contributed by atoms with E-state index in [1.807, 2.05) is 25.1 Å². The second-order valence-electron chi connectivity index (χ2n) is 5.29. The summed E-state index contributed by atoms with van der Waals surface area (Å²) >= 11 is 0. The van der Waals surface area contributed by atoms with Crippen LogP contribution >= 0.6 is 0 Å². The van der Waals surface area contributed by atoms with Crippen LogP contribution in [0.5, 0.6) is 5.75 Å². The first-order valence-corrected chi connectivity index (χ1v) is 6.54. The number of hydrogen-bond donors (Lipinski definition) is 2. The van der Waals surface area contributed by atoms with E-state index in [-0.39, 0.29) is 6.04 Å². The highest BCUT2D eigenvalue weighted by Crippen LogP contribution is 2.25. The molecule has 0 fully saturated rings. The number of ether oxygens (including phenoxy) is 1. The SMILES string of the molecule is COc1ccc([C@H](N)[C@H](O)CCC(C)C)c(C)c1. The summed E-state index contributed by atoms with van der Waals surface area (Å²) in [4.78, 5) is 0. The molecule has 0 radical (unpaired) electrons. The number of methoxy groups -OCH3 is 1. The van der Waals surface area contributed by atoms with Crippen molar-refractivity contribution in [3.63, 3.8) is 0 Å². The second kappa shape index (κ2) is 6.76. The molecular formula is C15H25NO2. The van der Waals surface area contributed by atoms with E-state index in [0.717, 1.165) is 29.7 Å². The molecule has 0 aliphatic carbocycles. The molecule has 0 aromatic heterocycles. The van der Waals surface area contributed by atoms with E-state index >= 15 is 0 Å². The van der Waals surface area contributed by atoms with Crippen molar-refractivity contribution in [1.29, 1.82) is 0 Å². The molecule has 0 saturated carbocycles. The Labute approximate surface area is 110 Å². The van der Waals surface area contributed by atoms with Crippen LogP contribution in [0.3, 0.4) is 0 Å². The Morgan fingerprint density at radius 1 is 1.28 bits per heavy atom. The quantitative estimate of drug-likeness (QED) is 0.817. The maximum absolute atomic E-state index is 10.1. The summed E-state index contributed by atoms with van der Waals surface area (Å²) in [6.07, 6.45) is 1.24. The van der Waals surface area contributed by atoms with E-state index in [2.05, 4.69) is 13.8 Å². The standard InChI is InChI=1S/C15H25NO2/c1-10(2)5-8-14(17)15(16)13-7-6-12(18-4)9-11(13)3/h6-7,9-10,14-15,17H,5,8,16H2,1-4H3/t14-,15+/m1/s1. The summed E-state index contributed by atoms with van der Waals surface area (Å²) in [5.41, 5.74) is 8.18. The van der Waals surface area contributed by atoms with Crippen molar-refractivity contribution in [2.75, 3.05) is 7.11 Å². The number of aliphatic hydroxyl groups is 1. The van der Waals surface area contributed by atoms with Crippen molar-refractivity contribution in [1.82, 2.24) is 0 Å². The number of hydrogen-bond acceptors (Lipinski definition) is 3. The van der Waals surface area contributed by atoms with Crippen molar-refractivity contribution >= 4 is 0 Å². The van der Waals surface area contributed by atoms with Gasteiger partial charge in [0.2, 0.25) is 0 Å². The molecule has 0 heterocycles. The lowest BCUT2D eigenvalue weighted by Gasteiger charge is -2.22. The van der Waals surface area contributed by atoms with Crippen LogP contribution in [-0.4, -0.2) is 18.3 Å². The maximum atomic E-state index is 10.1. The molecule has 3 nitrogen and oxygen atoms in total. The zero-order chi connectivity index (χ0) is 13.7. The molecule has 0 amide bonds. The van der Waals surface area contributed by atoms with Gasteiger partial charge in [-0.2, -0.15) is 0 Å². The van der Waals surface area contributed by atoms with Crippen LogP contribution in [0, 0.1) is 12.8 Å². The van der Waals surface area contributed by atoms with Gasteiger partial charge < -0.3 is 15.6 Å². The number of nitrogens with two attached hydrogens (primary N) is 1. The maximum Gasteiger partial charge on any atom is 0.119 e. The molecular weight excluding hydrogens is 226 g/mol. The van der Waals surface area contributed by atoms with Crippen LogP contribution in [0.15, 0.2) is 18.2 Å². The fourth-order valence-electron chi connectivity index (χ4n) is 2.04. The highest BCUT2D eigenvalue weighted by atomic mass is 16.5. The van der Waals surface area contributed by atoms with Crippen LogP contribution in [0.2, 0.25) is 0 Å². The van der Waals surface area contributed by atoms with Crippen molar-refractivity contribution in [3.8, 4) is 5.75 Å². The van der Waals surface area contributed by atoms with Gasteiger partial charge in [0.1, 0.15) is 5.75 Å². The molecule has 0 bridgehead atoms. The number of rotatable bonds is 6. The van der Waals surface area contributed by atoms with Crippen molar-refractivity contribution in [2.45, 2.75) is 45.8 Å². The van der Waals surface area contributed by atoms with Gasteiger partial charge in [-0.15, -0.1) is 0 Å². The number of aryl methyl sites for hydroxylation is 1. The van der Waals surface area contributed by atoms with E-state index in [1.165, 1.54) is 0 Å². The highest BCUT2D eigenvalue weighted by molar-refractivity contribution is 5.36. The van der Waals surface area contributed by atoms with Crippen molar-refractivity contribution in [2.24, 2.45) is 11.7 Å². The molecule has 2 atom stereocenters. The molecule has 0 saturated heterocycles. The molecule has 1 aromatic rings. The largest absolute Gasteiger partial charge is 0.497 e. The second-order valence-corrected chi connectivity index (χ2v) is 5.29. The van der Waals surface area contributed by atoms with E-state index in [9.17, 15) is 5.11 Å². The average molecular weight is 251 g/mol. The predicted octanol–water partition coefficient (Wildman–Crippen LogP) is 2.80. The average Bonchev–Trinajstić information content (AvgIpc) is 2.34. The minimum Gasteiger partial charge on any atom is -0.497 e. The summed E-state index contributed by atoms with van der Waals surface area (Å²) in [5.74, 6) is 1.41. The molecule has 0 aliphatic heterocycles.